The Hall–Kier alpha value is -1.85. The Kier molecular flexibility index (Phi) is 3.94. The van der Waals surface area contributed by atoms with E-state index in [0.717, 1.165) is 5.56 Å². The van der Waals surface area contributed by atoms with Gasteiger partial charge in [-0.25, -0.2) is 8.91 Å². The highest BCUT2D eigenvalue weighted by molar-refractivity contribution is 6.35. The van der Waals surface area contributed by atoms with Crippen molar-refractivity contribution in [1.29, 1.82) is 0 Å². The first-order valence-corrected chi connectivity index (χ1v) is 7.07. The van der Waals surface area contributed by atoms with Crippen molar-refractivity contribution in [1.82, 2.24) is 14.6 Å². The summed E-state index contributed by atoms with van der Waals surface area (Å²) < 4.78 is 14.5. The lowest BCUT2D eigenvalue weighted by Crippen LogP contribution is -2.06. The average Bonchev–Trinajstić information content (AvgIpc) is 2.83. The number of hydrogen-bond acceptors (Lipinski definition) is 3. The lowest BCUT2D eigenvalue weighted by atomic mass is 10.1. The van der Waals surface area contributed by atoms with Crippen molar-refractivity contribution in [2.75, 3.05) is 11.9 Å². The minimum absolute atomic E-state index is 0.355. The molecule has 3 aromatic rings. The zero-order valence-electron chi connectivity index (χ0n) is 10.9. The third kappa shape index (κ3) is 3.25. The van der Waals surface area contributed by atoms with Crippen LogP contribution in [0.1, 0.15) is 5.56 Å². The molecule has 0 unspecified atom stereocenters. The van der Waals surface area contributed by atoms with Gasteiger partial charge in [-0.15, -0.1) is 5.10 Å². The molecule has 0 aliphatic rings. The van der Waals surface area contributed by atoms with Gasteiger partial charge in [0.05, 0.1) is 6.20 Å². The van der Waals surface area contributed by atoms with Gasteiger partial charge in [0, 0.05) is 16.6 Å². The molecule has 21 heavy (non-hydrogen) atoms. The van der Waals surface area contributed by atoms with Gasteiger partial charge in [-0.05, 0) is 36.2 Å². The van der Waals surface area contributed by atoms with Crippen molar-refractivity contribution in [3.8, 4) is 0 Å². The minimum atomic E-state index is -0.355. The van der Waals surface area contributed by atoms with E-state index in [2.05, 4.69) is 15.4 Å². The molecule has 1 N–H and O–H groups in total. The maximum Gasteiger partial charge on any atom is 0.243 e. The van der Waals surface area contributed by atoms with Gasteiger partial charge in [-0.2, -0.15) is 4.98 Å². The molecule has 0 fully saturated rings. The molecular weight excluding hydrogens is 314 g/mol. The Morgan fingerprint density at radius 3 is 2.86 bits per heavy atom. The van der Waals surface area contributed by atoms with Crippen LogP contribution in [-0.2, 0) is 6.42 Å². The Morgan fingerprint density at radius 2 is 2.05 bits per heavy atom. The SMILES string of the molecule is Fc1ccc2nc(NCCc3ccc(Cl)cc3Cl)nn2c1. The summed E-state index contributed by atoms with van der Waals surface area (Å²) in [5.74, 6) is 0.0950. The molecule has 7 heteroatoms. The molecule has 0 spiro atoms. The second-order valence-corrected chi connectivity index (χ2v) is 5.34. The summed E-state index contributed by atoms with van der Waals surface area (Å²) in [6.07, 6.45) is 1.99. The Bertz CT molecular complexity index is 788. The minimum Gasteiger partial charge on any atom is -0.353 e. The maximum absolute atomic E-state index is 13.1. The summed E-state index contributed by atoms with van der Waals surface area (Å²) in [5.41, 5.74) is 1.58. The van der Waals surface area contributed by atoms with Crippen LogP contribution < -0.4 is 5.32 Å². The standard InChI is InChI=1S/C14H11Cl2FN4/c15-10-2-1-9(12(16)7-10)5-6-18-14-19-13-4-3-11(17)8-21(13)20-14/h1-4,7-8H,5-6H2,(H,18,20). The number of aromatic nitrogens is 3. The molecule has 1 aromatic carbocycles. The average molecular weight is 325 g/mol. The monoisotopic (exact) mass is 324 g/mol. The van der Waals surface area contributed by atoms with E-state index in [0.29, 0.717) is 34.6 Å². The highest BCUT2D eigenvalue weighted by atomic mass is 35.5. The largest absolute Gasteiger partial charge is 0.353 e. The Morgan fingerprint density at radius 1 is 1.19 bits per heavy atom. The van der Waals surface area contributed by atoms with Crippen LogP contribution in [0, 0.1) is 5.82 Å². The van der Waals surface area contributed by atoms with Crippen LogP contribution in [0.25, 0.3) is 5.65 Å². The predicted molar refractivity (Wildman–Crippen MR) is 81.6 cm³/mol. The number of pyridine rings is 1. The summed E-state index contributed by atoms with van der Waals surface area (Å²) in [4.78, 5) is 4.24. The fourth-order valence-electron chi connectivity index (χ4n) is 1.97. The number of fused-ring (bicyclic) bond motifs is 1. The van der Waals surface area contributed by atoms with Crippen LogP contribution in [0.15, 0.2) is 36.5 Å². The Labute approximate surface area is 130 Å². The smallest absolute Gasteiger partial charge is 0.243 e. The van der Waals surface area contributed by atoms with Gasteiger partial charge >= 0.3 is 0 Å². The van der Waals surface area contributed by atoms with E-state index in [9.17, 15) is 4.39 Å². The Balaban J connectivity index is 1.66. The van der Waals surface area contributed by atoms with Gasteiger partial charge in [0.25, 0.3) is 0 Å². The van der Waals surface area contributed by atoms with Gasteiger partial charge < -0.3 is 5.32 Å². The molecule has 0 saturated carbocycles. The van der Waals surface area contributed by atoms with E-state index in [1.807, 2.05) is 6.07 Å². The summed E-state index contributed by atoms with van der Waals surface area (Å²) in [7, 11) is 0. The van der Waals surface area contributed by atoms with Crippen molar-refractivity contribution in [3.63, 3.8) is 0 Å². The van der Waals surface area contributed by atoms with Gasteiger partial charge in [0.15, 0.2) is 5.65 Å². The summed E-state index contributed by atoms with van der Waals surface area (Å²) in [6.45, 7) is 0.612. The first-order valence-electron chi connectivity index (χ1n) is 6.31. The number of benzene rings is 1. The number of halogens is 3. The maximum atomic E-state index is 13.1. The summed E-state index contributed by atoms with van der Waals surface area (Å²) >= 11 is 12.0. The first kappa shape index (κ1) is 14.1. The van der Waals surface area contributed by atoms with Crippen molar-refractivity contribution < 1.29 is 4.39 Å². The number of rotatable bonds is 4. The van der Waals surface area contributed by atoms with Crippen LogP contribution in [0.4, 0.5) is 10.3 Å². The molecule has 2 aromatic heterocycles. The van der Waals surface area contributed by atoms with E-state index in [1.54, 1.807) is 18.2 Å². The lowest BCUT2D eigenvalue weighted by molar-refractivity contribution is 0.615. The van der Waals surface area contributed by atoms with Crippen molar-refractivity contribution in [2.45, 2.75) is 6.42 Å². The highest BCUT2D eigenvalue weighted by Gasteiger charge is 2.05. The molecule has 4 nitrogen and oxygen atoms in total. The van der Waals surface area contributed by atoms with E-state index in [1.165, 1.54) is 16.8 Å². The molecule has 0 amide bonds. The molecule has 0 aliphatic heterocycles. The quantitative estimate of drug-likeness (QED) is 0.793. The first-order chi connectivity index (χ1) is 10.1. The second-order valence-electron chi connectivity index (χ2n) is 4.50. The molecule has 0 aliphatic carbocycles. The second kappa shape index (κ2) is 5.87. The van der Waals surface area contributed by atoms with E-state index in [-0.39, 0.29) is 5.82 Å². The number of hydrogen-bond donors (Lipinski definition) is 1. The molecule has 0 radical (unpaired) electrons. The third-order valence-electron chi connectivity index (χ3n) is 2.99. The molecule has 108 valence electrons. The molecule has 0 atom stereocenters. The number of anilines is 1. The zero-order valence-corrected chi connectivity index (χ0v) is 12.4. The third-order valence-corrected chi connectivity index (χ3v) is 3.57. The van der Waals surface area contributed by atoms with Crippen LogP contribution in [0.3, 0.4) is 0 Å². The van der Waals surface area contributed by atoms with E-state index >= 15 is 0 Å². The molecule has 0 bridgehead atoms. The molecule has 0 saturated heterocycles. The summed E-state index contributed by atoms with van der Waals surface area (Å²) in [6, 6.07) is 8.32. The topological polar surface area (TPSA) is 42.2 Å². The molecular formula is C14H11Cl2FN4. The lowest BCUT2D eigenvalue weighted by Gasteiger charge is -2.05. The predicted octanol–water partition coefficient (Wildman–Crippen LogP) is 3.83. The zero-order chi connectivity index (χ0) is 14.8. The fourth-order valence-corrected chi connectivity index (χ4v) is 2.47. The summed E-state index contributed by atoms with van der Waals surface area (Å²) in [5, 5.41) is 8.47. The van der Waals surface area contributed by atoms with Gasteiger partial charge in [-0.3, -0.25) is 0 Å². The number of nitrogens with one attached hydrogen (secondary N) is 1. The molecule has 3 rings (SSSR count). The van der Waals surface area contributed by atoms with Crippen molar-refractivity contribution in [3.05, 3.63) is 58.0 Å². The fraction of sp³-hybridized carbons (Fsp3) is 0.143. The van der Waals surface area contributed by atoms with Crippen molar-refractivity contribution >= 4 is 34.8 Å². The van der Waals surface area contributed by atoms with Crippen LogP contribution in [-0.4, -0.2) is 21.1 Å². The van der Waals surface area contributed by atoms with Crippen LogP contribution in [0.2, 0.25) is 10.0 Å². The normalized spacial score (nSPS) is 11.0. The van der Waals surface area contributed by atoms with Gasteiger partial charge in [0.1, 0.15) is 5.82 Å². The van der Waals surface area contributed by atoms with Crippen LogP contribution in [0.5, 0.6) is 0 Å². The van der Waals surface area contributed by atoms with E-state index in [4.69, 9.17) is 23.2 Å². The van der Waals surface area contributed by atoms with E-state index < -0.39 is 0 Å². The van der Waals surface area contributed by atoms with Crippen LogP contribution >= 0.6 is 23.2 Å². The van der Waals surface area contributed by atoms with Crippen molar-refractivity contribution in [2.24, 2.45) is 0 Å². The number of nitrogens with zero attached hydrogens (tertiary/aromatic N) is 3. The molecule has 2 heterocycles. The van der Waals surface area contributed by atoms with Gasteiger partial charge in [-0.1, -0.05) is 29.3 Å². The van der Waals surface area contributed by atoms with Gasteiger partial charge in [0.2, 0.25) is 5.95 Å². The highest BCUT2D eigenvalue weighted by Crippen LogP contribution is 2.21.